The van der Waals surface area contributed by atoms with Gasteiger partial charge in [0.15, 0.2) is 0 Å². The van der Waals surface area contributed by atoms with Gasteiger partial charge in [-0.25, -0.2) is 9.59 Å². The lowest BCUT2D eigenvalue weighted by Gasteiger charge is -2.38. The quantitative estimate of drug-likeness (QED) is 0.719. The summed E-state index contributed by atoms with van der Waals surface area (Å²) in [4.78, 5) is 27.7. The van der Waals surface area contributed by atoms with Gasteiger partial charge in [0.25, 0.3) is 0 Å². The summed E-state index contributed by atoms with van der Waals surface area (Å²) >= 11 is 0. The number of ether oxygens (including phenoxy) is 2. The molecule has 0 radical (unpaired) electrons. The first-order valence-electron chi connectivity index (χ1n) is 9.41. The van der Waals surface area contributed by atoms with Gasteiger partial charge in [0.05, 0.1) is 31.3 Å². The molecule has 0 saturated carbocycles. The molecule has 3 rings (SSSR count). The number of carbonyl (C=O) groups excluding carboxylic acids is 2. The fourth-order valence-electron chi connectivity index (χ4n) is 3.96. The SMILES string of the molecule is COC(=O)C1=C(C)N(c2ccccc2C)C(C)=C(C(=O)OC)C1c1ccccc1. The molecule has 0 bridgehead atoms. The summed E-state index contributed by atoms with van der Waals surface area (Å²) in [5.41, 5.74) is 5.06. The Bertz CT molecular complexity index is 965. The largest absolute Gasteiger partial charge is 0.466 e. The lowest BCUT2D eigenvalue weighted by Crippen LogP contribution is -2.35. The van der Waals surface area contributed by atoms with Crippen molar-refractivity contribution >= 4 is 17.6 Å². The van der Waals surface area contributed by atoms with Crippen molar-refractivity contribution in [2.75, 3.05) is 19.1 Å². The Labute approximate surface area is 171 Å². The molecule has 0 amide bonds. The zero-order valence-corrected chi connectivity index (χ0v) is 17.4. The third kappa shape index (κ3) is 3.56. The molecule has 1 aliphatic rings. The third-order valence-corrected chi connectivity index (χ3v) is 5.33. The van der Waals surface area contributed by atoms with Crippen LogP contribution >= 0.6 is 0 Å². The van der Waals surface area contributed by atoms with E-state index >= 15 is 0 Å². The molecule has 0 saturated heterocycles. The fourth-order valence-corrected chi connectivity index (χ4v) is 3.96. The van der Waals surface area contributed by atoms with E-state index in [1.165, 1.54) is 14.2 Å². The smallest absolute Gasteiger partial charge is 0.336 e. The molecule has 2 aromatic carbocycles. The molecule has 0 fully saturated rings. The van der Waals surface area contributed by atoms with Gasteiger partial charge < -0.3 is 14.4 Å². The van der Waals surface area contributed by atoms with E-state index in [9.17, 15) is 9.59 Å². The summed E-state index contributed by atoms with van der Waals surface area (Å²) in [6.07, 6.45) is 0. The first kappa shape index (κ1) is 20.4. The van der Waals surface area contributed by atoms with Crippen molar-refractivity contribution in [2.45, 2.75) is 26.7 Å². The van der Waals surface area contributed by atoms with Gasteiger partial charge in [-0.05, 0) is 38.0 Å². The second-order valence-corrected chi connectivity index (χ2v) is 6.95. The Morgan fingerprint density at radius 1 is 0.759 bits per heavy atom. The second kappa shape index (κ2) is 8.35. The van der Waals surface area contributed by atoms with Gasteiger partial charge in [-0.3, -0.25) is 0 Å². The van der Waals surface area contributed by atoms with E-state index < -0.39 is 17.9 Å². The minimum Gasteiger partial charge on any atom is -0.466 e. The molecular weight excluding hydrogens is 366 g/mol. The summed E-state index contributed by atoms with van der Waals surface area (Å²) in [5.74, 6) is -1.51. The Morgan fingerprint density at radius 3 is 1.72 bits per heavy atom. The van der Waals surface area contributed by atoms with Crippen molar-refractivity contribution in [1.82, 2.24) is 0 Å². The van der Waals surface area contributed by atoms with Crippen molar-refractivity contribution in [2.24, 2.45) is 0 Å². The number of aryl methyl sites for hydroxylation is 1. The summed E-state index contributed by atoms with van der Waals surface area (Å²) in [6, 6.07) is 17.3. The number of benzene rings is 2. The number of hydrogen-bond donors (Lipinski definition) is 0. The molecule has 0 aliphatic carbocycles. The van der Waals surface area contributed by atoms with Crippen LogP contribution in [-0.4, -0.2) is 26.2 Å². The van der Waals surface area contributed by atoms with Crippen molar-refractivity contribution in [3.63, 3.8) is 0 Å². The lowest BCUT2D eigenvalue weighted by molar-refractivity contribution is -0.137. The van der Waals surface area contributed by atoms with Crippen molar-refractivity contribution < 1.29 is 19.1 Å². The highest BCUT2D eigenvalue weighted by Crippen LogP contribution is 2.44. The van der Waals surface area contributed by atoms with Crippen LogP contribution in [0.15, 0.2) is 77.1 Å². The van der Waals surface area contributed by atoms with E-state index in [0.717, 1.165) is 28.2 Å². The van der Waals surface area contributed by atoms with Gasteiger partial charge in [-0.1, -0.05) is 48.5 Å². The molecule has 0 N–H and O–H groups in total. The summed E-state index contributed by atoms with van der Waals surface area (Å²) in [5, 5.41) is 0. The van der Waals surface area contributed by atoms with Crippen LogP contribution in [0, 0.1) is 6.92 Å². The van der Waals surface area contributed by atoms with Crippen LogP contribution in [0.2, 0.25) is 0 Å². The van der Waals surface area contributed by atoms with E-state index in [1.807, 2.05) is 80.3 Å². The minimum absolute atomic E-state index is 0.424. The number of methoxy groups -OCH3 is 2. The van der Waals surface area contributed by atoms with Crippen LogP contribution in [0.3, 0.4) is 0 Å². The van der Waals surface area contributed by atoms with E-state index in [-0.39, 0.29) is 0 Å². The van der Waals surface area contributed by atoms with Gasteiger partial charge in [0.2, 0.25) is 0 Å². The Kier molecular flexibility index (Phi) is 5.87. The zero-order valence-electron chi connectivity index (χ0n) is 17.4. The maximum absolute atomic E-state index is 12.9. The number of esters is 2. The number of anilines is 1. The number of allylic oxidation sites excluding steroid dienone is 2. The molecule has 150 valence electrons. The maximum atomic E-state index is 12.9. The van der Waals surface area contributed by atoms with E-state index in [1.54, 1.807) is 0 Å². The van der Waals surface area contributed by atoms with Gasteiger partial charge in [0, 0.05) is 17.1 Å². The standard InChI is InChI=1S/C24H25NO4/c1-15-11-9-10-14-19(15)25-16(2)20(23(26)28-4)22(18-12-7-6-8-13-18)21(17(25)3)24(27)29-5/h6-14,22H,1-5H3. The highest BCUT2D eigenvalue weighted by atomic mass is 16.5. The fraction of sp³-hybridized carbons (Fsp3) is 0.250. The van der Waals surface area contributed by atoms with Crippen LogP contribution in [0.1, 0.15) is 30.9 Å². The number of rotatable bonds is 4. The average Bonchev–Trinajstić information content (AvgIpc) is 2.74. The van der Waals surface area contributed by atoms with Crippen LogP contribution in [0.25, 0.3) is 0 Å². The molecule has 5 heteroatoms. The predicted molar refractivity (Wildman–Crippen MR) is 112 cm³/mol. The van der Waals surface area contributed by atoms with Crippen molar-refractivity contribution in [3.8, 4) is 0 Å². The van der Waals surface area contributed by atoms with Gasteiger partial charge in [-0.15, -0.1) is 0 Å². The van der Waals surface area contributed by atoms with E-state index in [0.29, 0.717) is 11.1 Å². The predicted octanol–water partition coefficient (Wildman–Crippen LogP) is 4.49. The van der Waals surface area contributed by atoms with E-state index in [4.69, 9.17) is 9.47 Å². The molecule has 29 heavy (non-hydrogen) atoms. The number of para-hydroxylation sites is 1. The Hall–Kier alpha value is -3.34. The highest BCUT2D eigenvalue weighted by molar-refractivity contribution is 6.01. The maximum Gasteiger partial charge on any atom is 0.336 e. The van der Waals surface area contributed by atoms with E-state index in [2.05, 4.69) is 0 Å². The van der Waals surface area contributed by atoms with Crippen LogP contribution in [0.4, 0.5) is 5.69 Å². The minimum atomic E-state index is -0.573. The average molecular weight is 391 g/mol. The second-order valence-electron chi connectivity index (χ2n) is 6.95. The molecular formula is C24H25NO4. The molecule has 0 spiro atoms. The Balaban J connectivity index is 2.36. The molecule has 5 nitrogen and oxygen atoms in total. The normalized spacial score (nSPS) is 14.9. The number of nitrogens with zero attached hydrogens (tertiary/aromatic N) is 1. The summed E-state index contributed by atoms with van der Waals surface area (Å²) in [7, 11) is 2.71. The van der Waals surface area contributed by atoms with Crippen LogP contribution in [-0.2, 0) is 19.1 Å². The molecule has 2 aromatic rings. The highest BCUT2D eigenvalue weighted by Gasteiger charge is 2.40. The molecule has 1 heterocycles. The molecule has 0 atom stereocenters. The Morgan fingerprint density at radius 2 is 1.24 bits per heavy atom. The number of hydrogen-bond acceptors (Lipinski definition) is 5. The topological polar surface area (TPSA) is 55.8 Å². The zero-order chi connectivity index (χ0) is 21.1. The molecule has 1 aliphatic heterocycles. The molecule has 0 aromatic heterocycles. The van der Waals surface area contributed by atoms with Crippen molar-refractivity contribution in [1.29, 1.82) is 0 Å². The van der Waals surface area contributed by atoms with Gasteiger partial charge >= 0.3 is 11.9 Å². The van der Waals surface area contributed by atoms with Crippen LogP contribution in [0.5, 0.6) is 0 Å². The lowest BCUT2D eigenvalue weighted by atomic mass is 9.79. The summed E-state index contributed by atoms with van der Waals surface area (Å²) < 4.78 is 10.3. The summed E-state index contributed by atoms with van der Waals surface area (Å²) in [6.45, 7) is 5.76. The first-order valence-corrected chi connectivity index (χ1v) is 9.41. The van der Waals surface area contributed by atoms with Crippen molar-refractivity contribution in [3.05, 3.63) is 88.3 Å². The molecule has 0 unspecified atom stereocenters. The van der Waals surface area contributed by atoms with Gasteiger partial charge in [0.1, 0.15) is 0 Å². The van der Waals surface area contributed by atoms with Gasteiger partial charge in [-0.2, -0.15) is 0 Å². The van der Waals surface area contributed by atoms with Crippen LogP contribution < -0.4 is 4.90 Å². The third-order valence-electron chi connectivity index (χ3n) is 5.33. The monoisotopic (exact) mass is 391 g/mol. The first-order chi connectivity index (χ1) is 13.9. The number of carbonyl (C=O) groups is 2.